The van der Waals surface area contributed by atoms with Crippen LogP contribution >= 0.6 is 0 Å². The van der Waals surface area contributed by atoms with Gasteiger partial charge in [0.25, 0.3) is 0 Å². The van der Waals surface area contributed by atoms with Crippen LogP contribution < -0.4 is 0 Å². The molecule has 0 amide bonds. The molecule has 2 heteroatoms. The number of aryl methyl sites for hydroxylation is 2. The zero-order valence-corrected chi connectivity index (χ0v) is 16.9. The Bertz CT molecular complexity index is 1180. The van der Waals surface area contributed by atoms with Gasteiger partial charge in [-0.3, -0.25) is 0 Å². The Morgan fingerprint density at radius 3 is 1.46 bits per heavy atom. The van der Waals surface area contributed by atoms with E-state index in [0.717, 1.165) is 12.8 Å². The van der Waals surface area contributed by atoms with Crippen molar-refractivity contribution in [3.63, 3.8) is 0 Å². The van der Waals surface area contributed by atoms with Crippen LogP contribution in [0.3, 0.4) is 0 Å². The Hall–Kier alpha value is -2.74. The number of hydrogen-bond donors (Lipinski definition) is 2. The van der Waals surface area contributed by atoms with E-state index in [9.17, 15) is 0 Å². The zero-order valence-electron chi connectivity index (χ0n) is 16.9. The summed E-state index contributed by atoms with van der Waals surface area (Å²) in [5.41, 5.74) is 8.20. The van der Waals surface area contributed by atoms with E-state index in [0.29, 0.717) is 0 Å². The number of rotatable bonds is 6. The summed E-state index contributed by atoms with van der Waals surface area (Å²) in [4.78, 5) is 7.61. The van der Waals surface area contributed by atoms with E-state index in [4.69, 9.17) is 0 Å². The number of aromatic amines is 2. The third kappa shape index (κ3) is 2.55. The van der Waals surface area contributed by atoms with Crippen LogP contribution in [0.1, 0.15) is 50.7 Å². The minimum atomic E-state index is 1.12. The molecule has 2 aromatic heterocycles. The van der Waals surface area contributed by atoms with Gasteiger partial charge in [0, 0.05) is 32.6 Å². The Balaban J connectivity index is 1.99. The smallest absolute Gasteiger partial charge is 0.0508 e. The van der Waals surface area contributed by atoms with Crippen LogP contribution in [-0.2, 0) is 12.8 Å². The fraction of sp³-hybridized carbons (Fsp3) is 0.308. The van der Waals surface area contributed by atoms with Gasteiger partial charge in [0.1, 0.15) is 0 Å². The summed E-state index contributed by atoms with van der Waals surface area (Å²) in [6.07, 6.45) is 7.09. The van der Waals surface area contributed by atoms with Crippen molar-refractivity contribution in [3.8, 4) is 0 Å². The average Bonchev–Trinajstić information content (AvgIpc) is 3.30. The number of para-hydroxylation sites is 2. The summed E-state index contributed by atoms with van der Waals surface area (Å²) in [7, 11) is 0. The first-order valence-corrected chi connectivity index (χ1v) is 10.8. The predicted molar refractivity (Wildman–Crippen MR) is 122 cm³/mol. The Morgan fingerprint density at radius 2 is 1.04 bits per heavy atom. The maximum Gasteiger partial charge on any atom is 0.0508 e. The summed E-state index contributed by atoms with van der Waals surface area (Å²) in [5.74, 6) is 0. The van der Waals surface area contributed by atoms with Crippen molar-refractivity contribution in [1.82, 2.24) is 9.97 Å². The van der Waals surface area contributed by atoms with E-state index >= 15 is 0 Å². The monoisotopic (exact) mass is 368 g/mol. The lowest BCUT2D eigenvalue weighted by atomic mass is 9.92. The largest absolute Gasteiger partial charge is 0.354 e. The zero-order chi connectivity index (χ0) is 19.1. The maximum absolute atomic E-state index is 3.81. The van der Waals surface area contributed by atoms with Crippen LogP contribution in [0.25, 0.3) is 43.6 Å². The highest BCUT2D eigenvalue weighted by Crippen LogP contribution is 2.41. The molecular weight excluding hydrogens is 340 g/mol. The quantitative estimate of drug-likeness (QED) is 0.308. The molecule has 2 nitrogen and oxygen atoms in total. The van der Waals surface area contributed by atoms with Crippen LogP contribution in [0.15, 0.2) is 48.5 Å². The van der Waals surface area contributed by atoms with Gasteiger partial charge in [0.15, 0.2) is 0 Å². The van der Waals surface area contributed by atoms with Gasteiger partial charge in [-0.1, -0.05) is 63.1 Å². The molecule has 0 fully saturated rings. The minimum absolute atomic E-state index is 1.12. The first-order chi connectivity index (χ1) is 13.8. The van der Waals surface area contributed by atoms with Crippen molar-refractivity contribution in [1.29, 1.82) is 0 Å². The molecule has 0 unspecified atom stereocenters. The number of benzene rings is 3. The van der Waals surface area contributed by atoms with E-state index in [1.54, 1.807) is 0 Å². The van der Waals surface area contributed by atoms with Crippen molar-refractivity contribution in [2.45, 2.75) is 52.4 Å². The standard InChI is InChI=1S/C26H28N2/c1-3-5-11-19-23-17-13-7-9-15-21(17)28-26(23)20(12-6-4-2)24-18-14-8-10-16-22(18)27-25(19)24/h7-10,13-16,27-28H,3-6,11-12H2,1-2H3. The van der Waals surface area contributed by atoms with Gasteiger partial charge in [-0.25, -0.2) is 0 Å². The second kappa shape index (κ2) is 7.01. The lowest BCUT2D eigenvalue weighted by molar-refractivity contribution is 0.797. The van der Waals surface area contributed by atoms with Gasteiger partial charge in [-0.05, 0) is 48.9 Å². The van der Waals surface area contributed by atoms with Crippen molar-refractivity contribution < 1.29 is 0 Å². The summed E-state index contributed by atoms with van der Waals surface area (Å²) in [6, 6.07) is 17.6. The SMILES string of the molecule is CCCCc1c2[nH]c3ccccc3c2c(CCCC)c2[nH]c3ccccc3c12. The molecule has 2 N–H and O–H groups in total. The molecule has 5 rings (SSSR count). The molecule has 3 aromatic carbocycles. The molecule has 0 aliphatic heterocycles. The van der Waals surface area contributed by atoms with E-state index in [2.05, 4.69) is 72.3 Å². The molecule has 0 aliphatic rings. The molecule has 0 aliphatic carbocycles. The highest BCUT2D eigenvalue weighted by atomic mass is 14.7. The molecule has 0 radical (unpaired) electrons. The number of nitrogens with one attached hydrogen (secondary N) is 2. The first-order valence-electron chi connectivity index (χ1n) is 10.8. The second-order valence-corrected chi connectivity index (χ2v) is 8.01. The van der Waals surface area contributed by atoms with Crippen LogP contribution in [0, 0.1) is 0 Å². The van der Waals surface area contributed by atoms with E-state index in [1.165, 1.54) is 80.4 Å². The van der Waals surface area contributed by atoms with Gasteiger partial charge in [0.05, 0.1) is 11.0 Å². The number of hydrogen-bond acceptors (Lipinski definition) is 0. The number of unbranched alkanes of at least 4 members (excludes halogenated alkanes) is 2. The summed E-state index contributed by atoms with van der Waals surface area (Å²) in [6.45, 7) is 4.56. The molecule has 0 atom stereocenters. The third-order valence-electron chi connectivity index (χ3n) is 6.18. The highest BCUT2D eigenvalue weighted by molar-refractivity contribution is 6.21. The number of fused-ring (bicyclic) bond motifs is 6. The van der Waals surface area contributed by atoms with Gasteiger partial charge in [-0.15, -0.1) is 0 Å². The van der Waals surface area contributed by atoms with Gasteiger partial charge < -0.3 is 9.97 Å². The molecule has 5 aromatic rings. The second-order valence-electron chi connectivity index (χ2n) is 8.01. The third-order valence-corrected chi connectivity index (χ3v) is 6.18. The van der Waals surface area contributed by atoms with Crippen molar-refractivity contribution in [2.75, 3.05) is 0 Å². The van der Waals surface area contributed by atoms with E-state index < -0.39 is 0 Å². The number of H-pyrrole nitrogens is 2. The van der Waals surface area contributed by atoms with Crippen LogP contribution in [-0.4, -0.2) is 9.97 Å². The van der Waals surface area contributed by atoms with Gasteiger partial charge in [-0.2, -0.15) is 0 Å². The molecule has 0 saturated carbocycles. The Kier molecular flexibility index (Phi) is 4.35. The highest BCUT2D eigenvalue weighted by Gasteiger charge is 2.20. The average molecular weight is 369 g/mol. The number of aromatic nitrogens is 2. The Morgan fingerprint density at radius 1 is 0.607 bits per heavy atom. The summed E-state index contributed by atoms with van der Waals surface area (Å²) < 4.78 is 0. The predicted octanol–water partition coefficient (Wildman–Crippen LogP) is 7.64. The molecule has 142 valence electrons. The van der Waals surface area contributed by atoms with Crippen molar-refractivity contribution in [2.24, 2.45) is 0 Å². The molecule has 28 heavy (non-hydrogen) atoms. The summed E-state index contributed by atoms with van der Waals surface area (Å²) >= 11 is 0. The van der Waals surface area contributed by atoms with Gasteiger partial charge in [0.2, 0.25) is 0 Å². The fourth-order valence-corrected chi connectivity index (χ4v) is 4.82. The lowest BCUT2D eigenvalue weighted by Crippen LogP contribution is -1.95. The molecular formula is C26H28N2. The van der Waals surface area contributed by atoms with Crippen molar-refractivity contribution >= 4 is 43.6 Å². The first kappa shape index (κ1) is 17.4. The molecule has 0 saturated heterocycles. The van der Waals surface area contributed by atoms with Crippen LogP contribution in [0.4, 0.5) is 0 Å². The lowest BCUT2D eigenvalue weighted by Gasteiger charge is -2.12. The van der Waals surface area contributed by atoms with E-state index in [-0.39, 0.29) is 0 Å². The van der Waals surface area contributed by atoms with Crippen molar-refractivity contribution in [3.05, 3.63) is 59.7 Å². The molecule has 2 heterocycles. The fourth-order valence-electron chi connectivity index (χ4n) is 4.82. The molecule has 0 spiro atoms. The normalized spacial score (nSPS) is 12.1. The Labute approximate surface area is 165 Å². The van der Waals surface area contributed by atoms with Crippen LogP contribution in [0.5, 0.6) is 0 Å². The topological polar surface area (TPSA) is 31.6 Å². The molecule has 0 bridgehead atoms. The van der Waals surface area contributed by atoms with Crippen LogP contribution in [0.2, 0.25) is 0 Å². The minimum Gasteiger partial charge on any atom is -0.354 e. The summed E-state index contributed by atoms with van der Waals surface area (Å²) in [5, 5.41) is 5.60. The maximum atomic E-state index is 3.81. The van der Waals surface area contributed by atoms with E-state index in [1.807, 2.05) is 0 Å². The van der Waals surface area contributed by atoms with Gasteiger partial charge >= 0.3 is 0 Å².